The highest BCUT2D eigenvalue weighted by molar-refractivity contribution is 5.78. The Kier molecular flexibility index (Phi) is 3.75. The Morgan fingerprint density at radius 3 is 2.82 bits per heavy atom. The number of piperidine rings is 1. The van der Waals surface area contributed by atoms with Crippen LogP contribution < -0.4 is 4.74 Å². The molecule has 1 atom stereocenters. The van der Waals surface area contributed by atoms with Crippen molar-refractivity contribution in [2.75, 3.05) is 13.2 Å². The average Bonchev–Trinajstić information content (AvgIpc) is 2.56. The van der Waals surface area contributed by atoms with Gasteiger partial charge in [-0.3, -0.25) is 4.79 Å². The first-order valence-corrected chi connectivity index (χ1v) is 8.12. The number of fused-ring (bicyclic) bond motifs is 1. The quantitative estimate of drug-likeness (QED) is 0.733. The Labute approximate surface area is 133 Å². The summed E-state index contributed by atoms with van der Waals surface area (Å²) in [7, 11) is 0. The first-order valence-electron chi connectivity index (χ1n) is 8.12. The van der Waals surface area contributed by atoms with E-state index in [1.165, 1.54) is 5.56 Å². The molecule has 3 nitrogen and oxygen atoms in total. The van der Waals surface area contributed by atoms with Gasteiger partial charge in [-0.2, -0.15) is 0 Å². The van der Waals surface area contributed by atoms with E-state index in [0.717, 1.165) is 36.3 Å². The van der Waals surface area contributed by atoms with Gasteiger partial charge in [0.25, 0.3) is 0 Å². The highest BCUT2D eigenvalue weighted by atomic mass is 16.5. The second-order valence-electron chi connectivity index (χ2n) is 7.19. The SMILES string of the molecule is C=C1C(N2CCCCC2=O)c2cc(C)ccc2OCC1(C)C. The molecule has 1 saturated heterocycles. The molecule has 1 unspecified atom stereocenters. The molecule has 0 aromatic heterocycles. The smallest absolute Gasteiger partial charge is 0.223 e. The van der Waals surface area contributed by atoms with Gasteiger partial charge in [-0.15, -0.1) is 0 Å². The number of ether oxygens (including phenoxy) is 1. The van der Waals surface area contributed by atoms with Gasteiger partial charge in [0.15, 0.2) is 0 Å². The van der Waals surface area contributed by atoms with Crippen molar-refractivity contribution >= 4 is 5.91 Å². The maximum Gasteiger partial charge on any atom is 0.223 e. The monoisotopic (exact) mass is 299 g/mol. The fourth-order valence-corrected chi connectivity index (χ4v) is 3.38. The maximum absolute atomic E-state index is 12.5. The second kappa shape index (κ2) is 5.45. The summed E-state index contributed by atoms with van der Waals surface area (Å²) in [5.74, 6) is 1.13. The summed E-state index contributed by atoms with van der Waals surface area (Å²) < 4.78 is 6.05. The summed E-state index contributed by atoms with van der Waals surface area (Å²) in [5.41, 5.74) is 3.19. The van der Waals surface area contributed by atoms with Crippen molar-refractivity contribution in [3.05, 3.63) is 41.5 Å². The molecule has 2 aliphatic heterocycles. The van der Waals surface area contributed by atoms with Crippen LogP contribution in [0.15, 0.2) is 30.4 Å². The molecule has 1 fully saturated rings. The van der Waals surface area contributed by atoms with Crippen LogP contribution in [0.5, 0.6) is 5.75 Å². The van der Waals surface area contributed by atoms with Crippen molar-refractivity contribution in [3.8, 4) is 5.75 Å². The van der Waals surface area contributed by atoms with Gasteiger partial charge < -0.3 is 9.64 Å². The van der Waals surface area contributed by atoms with Gasteiger partial charge in [-0.05, 0) is 37.5 Å². The number of aryl methyl sites for hydroxylation is 1. The summed E-state index contributed by atoms with van der Waals surface area (Å²) in [5, 5.41) is 0. The predicted octanol–water partition coefficient (Wildman–Crippen LogP) is 4.02. The molecule has 118 valence electrons. The van der Waals surface area contributed by atoms with Crippen LogP contribution in [0.1, 0.15) is 50.3 Å². The fourth-order valence-electron chi connectivity index (χ4n) is 3.38. The van der Waals surface area contributed by atoms with Crippen LogP contribution in [0.3, 0.4) is 0 Å². The molecule has 3 rings (SSSR count). The molecule has 1 amide bonds. The van der Waals surface area contributed by atoms with Crippen molar-refractivity contribution in [1.82, 2.24) is 4.90 Å². The van der Waals surface area contributed by atoms with E-state index in [1.54, 1.807) is 0 Å². The number of amides is 1. The molecule has 1 aromatic carbocycles. The molecular formula is C19H25NO2. The van der Waals surface area contributed by atoms with E-state index in [0.29, 0.717) is 13.0 Å². The molecule has 2 aliphatic rings. The third-order valence-corrected chi connectivity index (χ3v) is 4.92. The summed E-state index contributed by atoms with van der Waals surface area (Å²) >= 11 is 0. The summed E-state index contributed by atoms with van der Waals surface area (Å²) in [6.07, 6.45) is 2.71. The molecule has 0 saturated carbocycles. The normalized spacial score (nSPS) is 24.5. The van der Waals surface area contributed by atoms with Gasteiger partial charge in [-0.25, -0.2) is 0 Å². The minimum atomic E-state index is -0.157. The Hall–Kier alpha value is -1.77. The summed E-state index contributed by atoms with van der Waals surface area (Å²) in [6, 6.07) is 6.17. The number of benzene rings is 1. The van der Waals surface area contributed by atoms with Crippen LogP contribution in [0.25, 0.3) is 0 Å². The Bertz CT molecular complexity index is 618. The van der Waals surface area contributed by atoms with E-state index in [4.69, 9.17) is 4.74 Å². The zero-order valence-electron chi connectivity index (χ0n) is 13.8. The lowest BCUT2D eigenvalue weighted by atomic mass is 9.79. The molecular weight excluding hydrogens is 274 g/mol. The van der Waals surface area contributed by atoms with Crippen molar-refractivity contribution in [2.45, 2.75) is 46.1 Å². The molecule has 0 bridgehead atoms. The Balaban J connectivity index is 2.12. The molecule has 0 radical (unpaired) electrons. The molecule has 1 aromatic rings. The third kappa shape index (κ3) is 2.53. The fraction of sp³-hybridized carbons (Fsp3) is 0.526. The van der Waals surface area contributed by atoms with Gasteiger partial charge >= 0.3 is 0 Å². The maximum atomic E-state index is 12.5. The highest BCUT2D eigenvalue weighted by Gasteiger charge is 2.39. The molecule has 22 heavy (non-hydrogen) atoms. The van der Waals surface area contributed by atoms with Crippen molar-refractivity contribution < 1.29 is 9.53 Å². The number of rotatable bonds is 1. The molecule has 0 N–H and O–H groups in total. The van der Waals surface area contributed by atoms with E-state index in [-0.39, 0.29) is 17.4 Å². The van der Waals surface area contributed by atoms with Gasteiger partial charge in [0.2, 0.25) is 5.91 Å². The van der Waals surface area contributed by atoms with E-state index < -0.39 is 0 Å². The lowest BCUT2D eigenvalue weighted by Crippen LogP contribution is -2.41. The van der Waals surface area contributed by atoms with Crippen LogP contribution in [-0.2, 0) is 4.79 Å². The third-order valence-electron chi connectivity index (χ3n) is 4.92. The zero-order valence-corrected chi connectivity index (χ0v) is 13.8. The lowest BCUT2D eigenvalue weighted by molar-refractivity contribution is -0.135. The largest absolute Gasteiger partial charge is 0.492 e. The first kappa shape index (κ1) is 15.1. The van der Waals surface area contributed by atoms with E-state index in [9.17, 15) is 4.79 Å². The predicted molar refractivity (Wildman–Crippen MR) is 87.9 cm³/mol. The van der Waals surface area contributed by atoms with Crippen LogP contribution in [-0.4, -0.2) is 24.0 Å². The minimum Gasteiger partial charge on any atom is -0.492 e. The number of hydrogen-bond acceptors (Lipinski definition) is 2. The number of hydrogen-bond donors (Lipinski definition) is 0. The van der Waals surface area contributed by atoms with Crippen LogP contribution in [0.4, 0.5) is 0 Å². The van der Waals surface area contributed by atoms with Crippen molar-refractivity contribution in [1.29, 1.82) is 0 Å². The summed E-state index contributed by atoms with van der Waals surface area (Å²) in [4.78, 5) is 14.5. The number of carbonyl (C=O) groups is 1. The van der Waals surface area contributed by atoms with Gasteiger partial charge in [0.1, 0.15) is 5.75 Å². The lowest BCUT2D eigenvalue weighted by Gasteiger charge is -2.39. The van der Waals surface area contributed by atoms with E-state index in [1.807, 2.05) is 11.0 Å². The van der Waals surface area contributed by atoms with Gasteiger partial charge in [0, 0.05) is 23.9 Å². The molecule has 0 spiro atoms. The van der Waals surface area contributed by atoms with Crippen molar-refractivity contribution in [2.24, 2.45) is 5.41 Å². The average molecular weight is 299 g/mol. The number of carbonyl (C=O) groups excluding carboxylic acids is 1. The Morgan fingerprint density at radius 1 is 1.32 bits per heavy atom. The van der Waals surface area contributed by atoms with Gasteiger partial charge in [-0.1, -0.05) is 32.1 Å². The molecule has 2 heterocycles. The molecule has 0 aliphatic carbocycles. The van der Waals surface area contributed by atoms with Gasteiger partial charge in [0.05, 0.1) is 12.6 Å². The van der Waals surface area contributed by atoms with E-state index >= 15 is 0 Å². The number of nitrogens with zero attached hydrogens (tertiary/aromatic N) is 1. The number of likely N-dealkylation sites (tertiary alicyclic amines) is 1. The highest BCUT2D eigenvalue weighted by Crippen LogP contribution is 2.46. The summed E-state index contributed by atoms with van der Waals surface area (Å²) in [6.45, 7) is 12.2. The first-order chi connectivity index (χ1) is 10.4. The van der Waals surface area contributed by atoms with Crippen LogP contribution in [0.2, 0.25) is 0 Å². The second-order valence-corrected chi connectivity index (χ2v) is 7.19. The standard InChI is InChI=1S/C19H25NO2/c1-13-8-9-16-15(11-13)18(14(2)19(3,4)12-22-16)20-10-6-5-7-17(20)21/h8-9,11,18H,2,5-7,10,12H2,1,3-4H3. The zero-order chi connectivity index (χ0) is 15.9. The molecule has 3 heteroatoms. The van der Waals surface area contributed by atoms with Crippen LogP contribution in [0, 0.1) is 12.3 Å². The van der Waals surface area contributed by atoms with Crippen molar-refractivity contribution in [3.63, 3.8) is 0 Å². The Morgan fingerprint density at radius 2 is 2.09 bits per heavy atom. The van der Waals surface area contributed by atoms with E-state index in [2.05, 4.69) is 39.5 Å². The minimum absolute atomic E-state index is 0.0693. The van der Waals surface area contributed by atoms with Crippen LogP contribution >= 0.6 is 0 Å². The topological polar surface area (TPSA) is 29.5 Å².